The van der Waals surface area contributed by atoms with Gasteiger partial charge >= 0.3 is 51.9 Å². The van der Waals surface area contributed by atoms with Crippen molar-refractivity contribution in [3.63, 3.8) is 0 Å². The van der Waals surface area contributed by atoms with Crippen LogP contribution in [0.4, 0.5) is 0 Å². The minimum Gasteiger partial charge on any atom is -0.549 e. The van der Waals surface area contributed by atoms with E-state index in [1.807, 2.05) is 0 Å². The molecule has 3 fully saturated rings. The minimum atomic E-state index is -1.54. The molecule has 1 radical (unpaired) electrons. The fourth-order valence-corrected chi connectivity index (χ4v) is 11.3. The minimum absolute atomic E-state index is 0. The second-order valence-electron chi connectivity index (χ2n) is 18.6. The largest absolute Gasteiger partial charge is 3.00 e. The van der Waals surface area contributed by atoms with E-state index < -0.39 is 75.1 Å². The molecule has 3 saturated carbocycles. The van der Waals surface area contributed by atoms with E-state index in [-0.39, 0.29) is 83.6 Å². The molecule has 4 rings (SSSR count). The van der Waals surface area contributed by atoms with Crippen molar-refractivity contribution in [1.29, 1.82) is 0 Å². The molecule has 9 atom stereocenters. The van der Waals surface area contributed by atoms with Crippen molar-refractivity contribution >= 4 is 35.8 Å². The number of hydrogen-bond acceptors (Lipinski definition) is 15. The van der Waals surface area contributed by atoms with Crippen LogP contribution < -0.4 is 20.4 Å². The Morgan fingerprint density at radius 1 is 0.661 bits per heavy atom. The summed E-state index contributed by atoms with van der Waals surface area (Å²) in [6, 6.07) is 0. The number of fused-ring (bicyclic) bond motifs is 5. The Hall–Kier alpha value is -2.24. The molecule has 0 spiro atoms. The zero-order valence-electron chi connectivity index (χ0n) is 35.5. The second-order valence-corrected chi connectivity index (χ2v) is 18.6. The molecule has 0 aromatic rings. The monoisotopic (exact) mass is 973 g/mol. The second kappa shape index (κ2) is 23.3. The fourth-order valence-electron chi connectivity index (χ4n) is 11.3. The van der Waals surface area contributed by atoms with E-state index in [9.17, 15) is 49.2 Å². The van der Waals surface area contributed by atoms with Crippen LogP contribution in [0.2, 0.25) is 0 Å². The van der Waals surface area contributed by atoms with Gasteiger partial charge in [0, 0.05) is 52.4 Å². The van der Waals surface area contributed by atoms with E-state index in [2.05, 4.69) is 46.8 Å². The average Bonchev–Trinajstić information content (AvgIpc) is 3.48. The van der Waals surface area contributed by atoms with Gasteiger partial charge in [-0.3, -0.25) is 19.5 Å². The summed E-state index contributed by atoms with van der Waals surface area (Å²) in [5.41, 5.74) is 0.496. The van der Waals surface area contributed by atoms with Gasteiger partial charge < -0.3 is 49.1 Å². The number of hydrogen-bond donors (Lipinski definition) is 0. The number of allylic oxidation sites excluding steroid dienone is 2. The summed E-state index contributed by atoms with van der Waals surface area (Å²) in [5.74, 6) is -3.29. The summed E-state index contributed by atoms with van der Waals surface area (Å²) in [7, 11) is 0. The maximum absolute atomic E-state index is 13.0. The van der Waals surface area contributed by atoms with Crippen LogP contribution >= 0.6 is 0 Å². The van der Waals surface area contributed by atoms with Crippen LogP contribution in [-0.4, -0.2) is 122 Å². The Bertz CT molecular complexity index is 1420. The quantitative estimate of drug-likeness (QED) is 0.0858. The fraction of sp³-hybridized carbons (Fsp3) is 0.814. The summed E-state index contributed by atoms with van der Waals surface area (Å²) < 4.78 is 11.1. The topological polar surface area (TPSA) is 223 Å². The maximum atomic E-state index is 13.0. The molecule has 4 aliphatic rings. The maximum Gasteiger partial charge on any atom is 3.00 e. The third-order valence-corrected chi connectivity index (χ3v) is 14.2. The zero-order chi connectivity index (χ0) is 42.8. The van der Waals surface area contributed by atoms with Gasteiger partial charge in [0.05, 0.1) is 30.4 Å². The first kappa shape index (κ1) is 51.1. The third-order valence-electron chi connectivity index (χ3n) is 14.2. The zero-order valence-corrected chi connectivity index (χ0v) is 37.8. The Kier molecular flexibility index (Phi) is 20.2. The molecular weight excluding hydrogens is 908 g/mol. The SMILES string of the molecule is CC(C)CCCC(C)C1CCC2C3C=CC4CC(OC(=O)COC(=O)CN(CCN(CC(=O)[O-])CC(=O)[O-])CCN(CC(=O)[O-])CC(=O)[O-])CCC4(C)C3CCC12C.[Gd+3]. The van der Waals surface area contributed by atoms with Crippen molar-refractivity contribution < 1.29 is 98.6 Å². The number of carbonyl (C=O) groups excluding carboxylic acids is 6. The van der Waals surface area contributed by atoms with Gasteiger partial charge in [0.25, 0.3) is 0 Å². The number of esters is 2. The molecule has 0 heterocycles. The Balaban J connectivity index is 0.00000930. The first-order chi connectivity index (χ1) is 27.3. The van der Waals surface area contributed by atoms with Gasteiger partial charge in [0.2, 0.25) is 0 Å². The molecule has 0 aliphatic heterocycles. The molecule has 16 heteroatoms. The first-order valence-corrected chi connectivity index (χ1v) is 21.3. The number of carboxylic acids is 4. The van der Waals surface area contributed by atoms with Gasteiger partial charge in [-0.25, -0.2) is 4.79 Å². The van der Waals surface area contributed by atoms with Crippen LogP contribution in [0.3, 0.4) is 0 Å². The summed E-state index contributed by atoms with van der Waals surface area (Å²) in [6.45, 7) is 7.45. The van der Waals surface area contributed by atoms with Gasteiger partial charge in [0.1, 0.15) is 6.10 Å². The van der Waals surface area contributed by atoms with Gasteiger partial charge in [-0.1, -0.05) is 66.0 Å². The van der Waals surface area contributed by atoms with E-state index in [0.29, 0.717) is 29.6 Å². The molecule has 0 amide bonds. The van der Waals surface area contributed by atoms with Crippen LogP contribution in [0, 0.1) is 92.2 Å². The molecular formula is C43H65GdN3O12-. The molecule has 4 aliphatic carbocycles. The number of aliphatic carboxylic acids is 4. The van der Waals surface area contributed by atoms with Crippen LogP contribution in [0.25, 0.3) is 0 Å². The van der Waals surface area contributed by atoms with Crippen molar-refractivity contribution in [2.45, 2.75) is 105 Å². The van der Waals surface area contributed by atoms with E-state index in [0.717, 1.165) is 40.4 Å². The Labute approximate surface area is 381 Å². The van der Waals surface area contributed by atoms with Gasteiger partial charge in [-0.05, 0) is 97.2 Å². The predicted molar refractivity (Wildman–Crippen MR) is 203 cm³/mol. The average molecular weight is 973 g/mol. The van der Waals surface area contributed by atoms with Gasteiger partial charge in [0.15, 0.2) is 6.61 Å². The Morgan fingerprint density at radius 2 is 1.19 bits per heavy atom. The van der Waals surface area contributed by atoms with Crippen molar-refractivity contribution in [2.24, 2.45) is 52.3 Å². The van der Waals surface area contributed by atoms with Crippen molar-refractivity contribution in [1.82, 2.24) is 14.7 Å². The summed E-state index contributed by atoms with van der Waals surface area (Å²) in [6.07, 6.45) is 16.0. The molecule has 0 N–H and O–H groups in total. The Morgan fingerprint density at radius 3 is 1.73 bits per heavy atom. The van der Waals surface area contributed by atoms with Crippen LogP contribution in [0.5, 0.6) is 0 Å². The van der Waals surface area contributed by atoms with Gasteiger partial charge in [-0.15, -0.1) is 0 Å². The van der Waals surface area contributed by atoms with E-state index >= 15 is 0 Å². The van der Waals surface area contributed by atoms with E-state index in [1.165, 1.54) is 49.8 Å². The molecule has 0 bridgehead atoms. The molecule has 0 aromatic carbocycles. The number of rotatable bonds is 24. The molecule has 59 heavy (non-hydrogen) atoms. The third kappa shape index (κ3) is 14.7. The predicted octanol–water partition coefficient (Wildman–Crippen LogP) is -0.756. The molecule has 0 aromatic heterocycles. The number of carbonyl (C=O) groups is 6. The van der Waals surface area contributed by atoms with Crippen LogP contribution in [0.1, 0.15) is 98.8 Å². The van der Waals surface area contributed by atoms with Gasteiger partial charge in [-0.2, -0.15) is 0 Å². The molecule has 9 unspecified atom stereocenters. The van der Waals surface area contributed by atoms with Crippen molar-refractivity contribution in [3.8, 4) is 0 Å². The molecule has 15 nitrogen and oxygen atoms in total. The summed E-state index contributed by atoms with van der Waals surface area (Å²) in [5, 5.41) is 44.6. The summed E-state index contributed by atoms with van der Waals surface area (Å²) >= 11 is 0. The van der Waals surface area contributed by atoms with Crippen molar-refractivity contribution in [3.05, 3.63) is 12.2 Å². The van der Waals surface area contributed by atoms with Crippen LogP contribution in [-0.2, 0) is 38.2 Å². The van der Waals surface area contributed by atoms with E-state index in [1.54, 1.807) is 0 Å². The molecule has 0 saturated heterocycles. The first-order valence-electron chi connectivity index (χ1n) is 21.3. The normalized spacial score (nSPS) is 29.0. The number of ether oxygens (including phenoxy) is 2. The summed E-state index contributed by atoms with van der Waals surface area (Å²) in [4.78, 5) is 73.9. The number of nitrogens with zero attached hydrogens (tertiary/aromatic N) is 3. The molecule has 333 valence electrons. The number of carboxylic acid groups (broad SMARTS) is 4. The van der Waals surface area contributed by atoms with Crippen LogP contribution in [0.15, 0.2) is 12.2 Å². The smallest absolute Gasteiger partial charge is 0.549 e. The standard InChI is InChI=1S/C43H69N3O12.Gd/c1-28(2)7-6-8-29(3)33-11-12-34-32-10-9-30-21-31(13-15-42(30,4)35(32)14-16-43(33,34)5)58-41(56)27-57-40(55)26-44(17-19-45(22-36(47)48)23-37(49)50)18-20-46(24-38(51)52)25-39(53)54;/h9-10,28-35H,6-8,11-27H2,1-5H3,(H,47,48)(H,49,50)(H,51,52)(H,53,54);/q;+3/p-4. The van der Waals surface area contributed by atoms with E-state index in [4.69, 9.17) is 9.47 Å². The van der Waals surface area contributed by atoms with Crippen molar-refractivity contribution in [2.75, 3.05) is 65.5 Å².